The first kappa shape index (κ1) is 12.1. The molecule has 1 saturated carbocycles. The fourth-order valence-corrected chi connectivity index (χ4v) is 2.52. The minimum absolute atomic E-state index is 0.457. The van der Waals surface area contributed by atoms with Crippen molar-refractivity contribution < 1.29 is 0 Å². The van der Waals surface area contributed by atoms with Gasteiger partial charge in [0.15, 0.2) is 0 Å². The van der Waals surface area contributed by atoms with Crippen LogP contribution < -0.4 is 5.32 Å². The van der Waals surface area contributed by atoms with Gasteiger partial charge in [-0.05, 0) is 49.8 Å². The van der Waals surface area contributed by atoms with Crippen LogP contribution in [-0.4, -0.2) is 6.04 Å². The van der Waals surface area contributed by atoms with Crippen LogP contribution in [-0.2, 0) is 0 Å². The number of hydrogen-bond acceptors (Lipinski definition) is 1. The van der Waals surface area contributed by atoms with Gasteiger partial charge < -0.3 is 5.32 Å². The number of nitrogens with one attached hydrogen (secondary N) is 1. The molecule has 0 radical (unpaired) electrons. The molecule has 1 nitrogen and oxygen atoms in total. The highest BCUT2D eigenvalue weighted by atomic mass is 79.9. The Kier molecular flexibility index (Phi) is 4.04. The summed E-state index contributed by atoms with van der Waals surface area (Å²) in [4.78, 5) is 0. The van der Waals surface area contributed by atoms with Crippen molar-refractivity contribution in [2.45, 2.75) is 45.2 Å². The summed E-state index contributed by atoms with van der Waals surface area (Å²) in [6, 6.07) is 9.79. The van der Waals surface area contributed by atoms with Crippen LogP contribution in [0.4, 0.5) is 0 Å². The monoisotopic (exact) mass is 281 g/mol. The van der Waals surface area contributed by atoms with E-state index in [0.29, 0.717) is 12.1 Å². The second-order valence-corrected chi connectivity index (χ2v) is 5.71. The maximum absolute atomic E-state index is 3.75. The number of benzene rings is 1. The van der Waals surface area contributed by atoms with E-state index in [9.17, 15) is 0 Å². The van der Waals surface area contributed by atoms with Crippen molar-refractivity contribution in [2.24, 2.45) is 5.92 Å². The zero-order valence-electron chi connectivity index (χ0n) is 10.0. The van der Waals surface area contributed by atoms with Gasteiger partial charge in [-0.3, -0.25) is 0 Å². The van der Waals surface area contributed by atoms with E-state index in [1.54, 1.807) is 0 Å². The number of rotatable bonds is 5. The predicted molar refractivity (Wildman–Crippen MR) is 72.5 cm³/mol. The van der Waals surface area contributed by atoms with Gasteiger partial charge in [0.05, 0.1) is 0 Å². The Hall–Kier alpha value is -0.340. The van der Waals surface area contributed by atoms with Crippen LogP contribution >= 0.6 is 15.9 Å². The van der Waals surface area contributed by atoms with Crippen LogP contribution in [0.3, 0.4) is 0 Å². The summed E-state index contributed by atoms with van der Waals surface area (Å²) >= 11 is 3.47. The van der Waals surface area contributed by atoms with Crippen LogP contribution in [0.5, 0.6) is 0 Å². The fourth-order valence-electron chi connectivity index (χ4n) is 2.25. The average Bonchev–Trinajstić information content (AvgIpc) is 3.10. The SMILES string of the molecule is CCC(N[C@H](C)c1ccc(Br)cc1)C1CC1. The smallest absolute Gasteiger partial charge is 0.0294 e. The summed E-state index contributed by atoms with van der Waals surface area (Å²) in [5.41, 5.74) is 1.38. The molecular formula is C14H20BrN. The third kappa shape index (κ3) is 3.08. The Morgan fingerprint density at radius 1 is 1.31 bits per heavy atom. The largest absolute Gasteiger partial charge is 0.307 e. The van der Waals surface area contributed by atoms with E-state index < -0.39 is 0 Å². The van der Waals surface area contributed by atoms with Gasteiger partial charge in [0, 0.05) is 16.6 Å². The zero-order chi connectivity index (χ0) is 11.5. The van der Waals surface area contributed by atoms with Gasteiger partial charge in [0.1, 0.15) is 0 Å². The molecule has 1 aromatic rings. The molecule has 0 amide bonds. The molecular weight excluding hydrogens is 262 g/mol. The maximum Gasteiger partial charge on any atom is 0.0294 e. The second-order valence-electron chi connectivity index (χ2n) is 4.79. The van der Waals surface area contributed by atoms with Crippen LogP contribution in [0.2, 0.25) is 0 Å². The van der Waals surface area contributed by atoms with Crippen molar-refractivity contribution >= 4 is 15.9 Å². The molecule has 1 aliphatic carbocycles. The van der Waals surface area contributed by atoms with Crippen LogP contribution in [0.25, 0.3) is 0 Å². The van der Waals surface area contributed by atoms with Crippen molar-refractivity contribution in [2.75, 3.05) is 0 Å². The van der Waals surface area contributed by atoms with Crippen LogP contribution in [0.15, 0.2) is 28.7 Å². The molecule has 0 saturated heterocycles. The van der Waals surface area contributed by atoms with Crippen LogP contribution in [0.1, 0.15) is 44.7 Å². The highest BCUT2D eigenvalue weighted by Gasteiger charge is 2.30. The Balaban J connectivity index is 1.95. The minimum atomic E-state index is 0.457. The van der Waals surface area contributed by atoms with Gasteiger partial charge in [-0.25, -0.2) is 0 Å². The third-order valence-corrected chi connectivity index (χ3v) is 3.99. The third-order valence-electron chi connectivity index (χ3n) is 3.46. The summed E-state index contributed by atoms with van der Waals surface area (Å²) in [5.74, 6) is 0.933. The molecule has 1 aliphatic rings. The number of hydrogen-bond donors (Lipinski definition) is 1. The molecule has 16 heavy (non-hydrogen) atoms. The molecule has 2 atom stereocenters. The predicted octanol–water partition coefficient (Wildman–Crippen LogP) is 4.29. The van der Waals surface area contributed by atoms with Gasteiger partial charge in [0.2, 0.25) is 0 Å². The molecule has 0 aromatic heterocycles. The minimum Gasteiger partial charge on any atom is -0.307 e. The molecule has 0 aliphatic heterocycles. The first-order valence-electron chi connectivity index (χ1n) is 6.22. The van der Waals surface area contributed by atoms with Crippen LogP contribution in [0, 0.1) is 5.92 Å². The highest BCUT2D eigenvalue weighted by molar-refractivity contribution is 9.10. The first-order chi connectivity index (χ1) is 7.70. The van der Waals surface area contributed by atoms with Gasteiger partial charge in [-0.2, -0.15) is 0 Å². The summed E-state index contributed by atoms with van der Waals surface area (Å²) in [5, 5.41) is 3.75. The topological polar surface area (TPSA) is 12.0 Å². The molecule has 0 bridgehead atoms. The Labute approximate surface area is 107 Å². The van der Waals surface area contributed by atoms with E-state index in [1.807, 2.05) is 0 Å². The summed E-state index contributed by atoms with van der Waals surface area (Å²) in [6.07, 6.45) is 4.07. The van der Waals surface area contributed by atoms with E-state index in [2.05, 4.69) is 59.4 Å². The number of halogens is 1. The lowest BCUT2D eigenvalue weighted by atomic mass is 10.0. The van der Waals surface area contributed by atoms with E-state index in [1.165, 1.54) is 24.8 Å². The lowest BCUT2D eigenvalue weighted by Crippen LogP contribution is -2.32. The quantitative estimate of drug-likeness (QED) is 0.849. The molecule has 88 valence electrons. The molecule has 1 aromatic carbocycles. The standard InChI is InChI=1S/C14H20BrN/c1-3-14(12-4-5-12)16-10(2)11-6-8-13(15)9-7-11/h6-10,12,14,16H,3-5H2,1-2H3/t10-,14?/m1/s1. The maximum atomic E-state index is 3.75. The van der Waals surface area contributed by atoms with Crippen molar-refractivity contribution in [3.8, 4) is 0 Å². The highest BCUT2D eigenvalue weighted by Crippen LogP contribution is 2.35. The second kappa shape index (κ2) is 5.33. The molecule has 0 heterocycles. The molecule has 1 fully saturated rings. The van der Waals surface area contributed by atoms with E-state index >= 15 is 0 Å². The van der Waals surface area contributed by atoms with E-state index in [-0.39, 0.29) is 0 Å². The molecule has 2 rings (SSSR count). The average molecular weight is 282 g/mol. The van der Waals surface area contributed by atoms with E-state index in [0.717, 1.165) is 10.4 Å². The van der Waals surface area contributed by atoms with Crippen molar-refractivity contribution in [1.29, 1.82) is 0 Å². The van der Waals surface area contributed by atoms with Gasteiger partial charge in [-0.1, -0.05) is 35.0 Å². The first-order valence-corrected chi connectivity index (χ1v) is 7.01. The lowest BCUT2D eigenvalue weighted by Gasteiger charge is -2.22. The van der Waals surface area contributed by atoms with E-state index in [4.69, 9.17) is 0 Å². The molecule has 2 heteroatoms. The molecule has 1 unspecified atom stereocenters. The summed E-state index contributed by atoms with van der Waals surface area (Å²) < 4.78 is 1.15. The molecule has 0 spiro atoms. The van der Waals surface area contributed by atoms with Crippen molar-refractivity contribution in [3.63, 3.8) is 0 Å². The van der Waals surface area contributed by atoms with Crippen molar-refractivity contribution in [1.82, 2.24) is 5.32 Å². The molecule has 1 N–H and O–H groups in total. The fraction of sp³-hybridized carbons (Fsp3) is 0.571. The Morgan fingerprint density at radius 2 is 1.94 bits per heavy atom. The zero-order valence-corrected chi connectivity index (χ0v) is 11.6. The summed E-state index contributed by atoms with van der Waals surface area (Å²) in [7, 11) is 0. The van der Waals surface area contributed by atoms with Gasteiger partial charge in [0.25, 0.3) is 0 Å². The van der Waals surface area contributed by atoms with Gasteiger partial charge >= 0.3 is 0 Å². The Bertz CT molecular complexity index is 329. The Morgan fingerprint density at radius 3 is 2.44 bits per heavy atom. The lowest BCUT2D eigenvalue weighted by molar-refractivity contribution is 0.405. The summed E-state index contributed by atoms with van der Waals surface area (Å²) in [6.45, 7) is 4.54. The van der Waals surface area contributed by atoms with Gasteiger partial charge in [-0.15, -0.1) is 0 Å². The van der Waals surface area contributed by atoms with Crippen molar-refractivity contribution in [3.05, 3.63) is 34.3 Å². The normalized spacial score (nSPS) is 19.4.